The number of hydrogen-bond donors (Lipinski definition) is 1. The highest BCUT2D eigenvalue weighted by molar-refractivity contribution is 6.15. The minimum absolute atomic E-state index is 0.113. The highest BCUT2D eigenvalue weighted by Gasteiger charge is 2.19. The van der Waals surface area contributed by atoms with E-state index in [4.69, 9.17) is 4.74 Å². The maximum absolute atomic E-state index is 12.8. The van der Waals surface area contributed by atoms with E-state index in [1.54, 1.807) is 13.0 Å². The Morgan fingerprint density at radius 2 is 1.87 bits per heavy atom. The van der Waals surface area contributed by atoms with Gasteiger partial charge in [0.2, 0.25) is 0 Å². The van der Waals surface area contributed by atoms with E-state index in [0.717, 1.165) is 28.8 Å². The third kappa shape index (κ3) is 4.96. The molecule has 154 valence electrons. The first kappa shape index (κ1) is 20.9. The molecule has 8 nitrogen and oxygen atoms in total. The molecule has 0 aliphatic heterocycles. The minimum atomic E-state index is -0.704. The van der Waals surface area contributed by atoms with Gasteiger partial charge in [-0.3, -0.25) is 4.79 Å². The SMILES string of the molecule is CCc1cccc(C)c1NC(=O)COC(=O)/C(=C/c1ccccc1)n1nnnc1C. The van der Waals surface area contributed by atoms with Gasteiger partial charge in [0.25, 0.3) is 5.91 Å². The van der Waals surface area contributed by atoms with Gasteiger partial charge in [-0.25, -0.2) is 4.79 Å². The molecule has 0 radical (unpaired) electrons. The number of esters is 1. The predicted octanol–water partition coefficient (Wildman–Crippen LogP) is 3.03. The number of aromatic nitrogens is 4. The van der Waals surface area contributed by atoms with Crippen LogP contribution in [0.25, 0.3) is 11.8 Å². The Balaban J connectivity index is 1.75. The van der Waals surface area contributed by atoms with Crippen LogP contribution in [0.4, 0.5) is 5.69 Å². The number of ether oxygens (including phenoxy) is 1. The van der Waals surface area contributed by atoms with E-state index in [2.05, 4.69) is 20.8 Å². The third-order valence-corrected chi connectivity index (χ3v) is 4.50. The van der Waals surface area contributed by atoms with E-state index < -0.39 is 18.5 Å². The Labute approximate surface area is 174 Å². The summed E-state index contributed by atoms with van der Waals surface area (Å²) in [6.07, 6.45) is 2.39. The minimum Gasteiger partial charge on any atom is -0.451 e. The van der Waals surface area contributed by atoms with Crippen LogP contribution in [-0.4, -0.2) is 38.7 Å². The van der Waals surface area contributed by atoms with Gasteiger partial charge in [-0.1, -0.05) is 55.5 Å². The van der Waals surface area contributed by atoms with Crippen LogP contribution in [0.5, 0.6) is 0 Å². The number of hydrogen-bond acceptors (Lipinski definition) is 6. The maximum Gasteiger partial charge on any atom is 0.357 e. The first-order valence-electron chi connectivity index (χ1n) is 9.57. The van der Waals surface area contributed by atoms with Crippen molar-refractivity contribution < 1.29 is 14.3 Å². The summed E-state index contributed by atoms with van der Waals surface area (Å²) in [5.74, 6) is -0.698. The van der Waals surface area contributed by atoms with Gasteiger partial charge in [0.05, 0.1) is 0 Å². The molecule has 8 heteroatoms. The van der Waals surface area contributed by atoms with Crippen molar-refractivity contribution >= 4 is 29.3 Å². The number of benzene rings is 2. The van der Waals surface area contributed by atoms with Crippen LogP contribution in [-0.2, 0) is 20.7 Å². The Morgan fingerprint density at radius 3 is 2.53 bits per heavy atom. The van der Waals surface area contributed by atoms with E-state index >= 15 is 0 Å². The molecule has 30 heavy (non-hydrogen) atoms. The first-order valence-corrected chi connectivity index (χ1v) is 9.57. The Hall–Kier alpha value is -3.81. The summed E-state index contributed by atoms with van der Waals surface area (Å²) in [6.45, 7) is 5.18. The lowest BCUT2D eigenvalue weighted by molar-refractivity contribution is -0.141. The average Bonchev–Trinajstić information content (AvgIpc) is 3.18. The van der Waals surface area contributed by atoms with Crippen molar-refractivity contribution in [1.29, 1.82) is 0 Å². The fourth-order valence-electron chi connectivity index (χ4n) is 2.95. The maximum atomic E-state index is 12.8. The Kier molecular flexibility index (Phi) is 6.69. The Bertz CT molecular complexity index is 1070. The lowest BCUT2D eigenvalue weighted by atomic mass is 10.1. The largest absolute Gasteiger partial charge is 0.451 e. The van der Waals surface area contributed by atoms with Crippen molar-refractivity contribution in [2.24, 2.45) is 0 Å². The lowest BCUT2D eigenvalue weighted by Crippen LogP contribution is -2.24. The number of amides is 1. The molecule has 0 spiro atoms. The molecule has 0 unspecified atom stereocenters. The van der Waals surface area contributed by atoms with Gasteiger partial charge in [0, 0.05) is 5.69 Å². The summed E-state index contributed by atoms with van der Waals surface area (Å²) in [4.78, 5) is 25.2. The third-order valence-electron chi connectivity index (χ3n) is 4.50. The topological polar surface area (TPSA) is 99.0 Å². The summed E-state index contributed by atoms with van der Waals surface area (Å²) in [6, 6.07) is 15.1. The summed E-state index contributed by atoms with van der Waals surface area (Å²) < 4.78 is 6.55. The molecule has 3 rings (SSSR count). The molecule has 1 amide bonds. The van der Waals surface area contributed by atoms with Crippen molar-refractivity contribution in [2.45, 2.75) is 27.2 Å². The molecule has 1 heterocycles. The smallest absolute Gasteiger partial charge is 0.357 e. The highest BCUT2D eigenvalue weighted by Crippen LogP contribution is 2.21. The second kappa shape index (κ2) is 9.60. The average molecular weight is 405 g/mol. The Morgan fingerprint density at radius 1 is 1.10 bits per heavy atom. The number of para-hydroxylation sites is 1. The predicted molar refractivity (Wildman–Crippen MR) is 113 cm³/mol. The number of carbonyl (C=O) groups excluding carboxylic acids is 2. The standard InChI is InChI=1S/C22H23N5O3/c1-4-18-12-8-9-15(2)21(18)23-20(28)14-30-22(29)19(27-16(3)24-25-26-27)13-17-10-6-5-7-11-17/h5-13H,4,14H2,1-3H3,(H,23,28)/b19-13-. The molecule has 0 aliphatic carbocycles. The number of aryl methyl sites for hydroxylation is 3. The number of anilines is 1. The second-order valence-electron chi connectivity index (χ2n) is 6.67. The van der Waals surface area contributed by atoms with Crippen LogP contribution in [0, 0.1) is 13.8 Å². The summed E-state index contributed by atoms with van der Waals surface area (Å²) in [7, 11) is 0. The fraction of sp³-hybridized carbons (Fsp3) is 0.227. The second-order valence-corrected chi connectivity index (χ2v) is 6.67. The van der Waals surface area contributed by atoms with Crippen LogP contribution < -0.4 is 5.32 Å². The fourth-order valence-corrected chi connectivity index (χ4v) is 2.95. The summed E-state index contributed by atoms with van der Waals surface area (Å²) in [5, 5.41) is 14.1. The zero-order valence-electron chi connectivity index (χ0n) is 17.1. The van der Waals surface area contributed by atoms with E-state index in [-0.39, 0.29) is 5.70 Å². The van der Waals surface area contributed by atoms with Crippen molar-refractivity contribution in [2.75, 3.05) is 11.9 Å². The van der Waals surface area contributed by atoms with Crippen LogP contribution in [0.3, 0.4) is 0 Å². The first-order chi connectivity index (χ1) is 14.5. The van der Waals surface area contributed by atoms with Gasteiger partial charge < -0.3 is 10.1 Å². The molecule has 2 aromatic carbocycles. The molecule has 0 saturated heterocycles. The number of nitrogens with zero attached hydrogens (tertiary/aromatic N) is 4. The molecule has 1 aromatic heterocycles. The molecule has 0 fully saturated rings. The molecular formula is C22H23N5O3. The molecular weight excluding hydrogens is 382 g/mol. The monoisotopic (exact) mass is 405 g/mol. The molecule has 0 atom stereocenters. The van der Waals surface area contributed by atoms with Gasteiger partial charge in [-0.15, -0.1) is 5.10 Å². The number of tetrazole rings is 1. The summed E-state index contributed by atoms with van der Waals surface area (Å²) >= 11 is 0. The molecule has 3 aromatic rings. The normalized spacial score (nSPS) is 11.2. The van der Waals surface area contributed by atoms with Gasteiger partial charge in [0.15, 0.2) is 18.1 Å². The lowest BCUT2D eigenvalue weighted by Gasteiger charge is -2.13. The number of carbonyl (C=O) groups is 2. The van der Waals surface area contributed by atoms with E-state index in [1.165, 1.54) is 4.68 Å². The van der Waals surface area contributed by atoms with Gasteiger partial charge in [-0.05, 0) is 53.5 Å². The summed E-state index contributed by atoms with van der Waals surface area (Å²) in [5.41, 5.74) is 3.60. The van der Waals surface area contributed by atoms with E-state index in [0.29, 0.717) is 5.82 Å². The van der Waals surface area contributed by atoms with Gasteiger partial charge in [0.1, 0.15) is 0 Å². The molecule has 0 aliphatic rings. The van der Waals surface area contributed by atoms with Gasteiger partial charge in [-0.2, -0.15) is 4.68 Å². The van der Waals surface area contributed by atoms with Gasteiger partial charge >= 0.3 is 5.97 Å². The van der Waals surface area contributed by atoms with Crippen molar-refractivity contribution in [1.82, 2.24) is 20.2 Å². The van der Waals surface area contributed by atoms with Crippen LogP contribution in [0.1, 0.15) is 29.4 Å². The quantitative estimate of drug-likeness (QED) is 0.479. The zero-order chi connectivity index (χ0) is 21.5. The van der Waals surface area contributed by atoms with Crippen molar-refractivity contribution in [3.63, 3.8) is 0 Å². The van der Waals surface area contributed by atoms with Crippen LogP contribution >= 0.6 is 0 Å². The van der Waals surface area contributed by atoms with Crippen molar-refractivity contribution in [3.05, 3.63) is 71.0 Å². The van der Waals surface area contributed by atoms with E-state index in [1.807, 2.05) is 62.4 Å². The van der Waals surface area contributed by atoms with E-state index in [9.17, 15) is 9.59 Å². The van der Waals surface area contributed by atoms with Crippen LogP contribution in [0.15, 0.2) is 48.5 Å². The van der Waals surface area contributed by atoms with Crippen molar-refractivity contribution in [3.8, 4) is 0 Å². The molecule has 1 N–H and O–H groups in total. The molecule has 0 bridgehead atoms. The highest BCUT2D eigenvalue weighted by atomic mass is 16.5. The molecule has 0 saturated carbocycles. The van der Waals surface area contributed by atoms with Crippen LogP contribution in [0.2, 0.25) is 0 Å². The zero-order valence-corrected chi connectivity index (χ0v) is 17.1. The number of nitrogens with one attached hydrogen (secondary N) is 1. The number of rotatable bonds is 7.